The lowest BCUT2D eigenvalue weighted by Gasteiger charge is -2.16. The van der Waals surface area contributed by atoms with Crippen molar-refractivity contribution in [2.75, 3.05) is 0 Å². The van der Waals surface area contributed by atoms with Gasteiger partial charge in [-0.25, -0.2) is 4.79 Å². The summed E-state index contributed by atoms with van der Waals surface area (Å²) in [5.74, 6) is -0.553. The van der Waals surface area contributed by atoms with E-state index in [2.05, 4.69) is 0 Å². The van der Waals surface area contributed by atoms with Crippen molar-refractivity contribution in [3.8, 4) is 5.75 Å². The Balaban J connectivity index is 2.18. The zero-order valence-electron chi connectivity index (χ0n) is 10.4. The minimum atomic E-state index is -1.05. The average molecular weight is 311 g/mol. The Morgan fingerprint density at radius 1 is 1.10 bits per heavy atom. The topological polar surface area (TPSA) is 46.5 Å². The molecule has 1 atom stereocenters. The summed E-state index contributed by atoms with van der Waals surface area (Å²) < 4.78 is 5.47. The van der Waals surface area contributed by atoms with E-state index in [0.717, 1.165) is 0 Å². The summed E-state index contributed by atoms with van der Waals surface area (Å²) >= 11 is 12.0. The molecular weight excluding hydrogens is 299 g/mol. The highest BCUT2D eigenvalue weighted by atomic mass is 35.5. The van der Waals surface area contributed by atoms with Crippen LogP contribution in [-0.2, 0) is 11.2 Å². The minimum Gasteiger partial charge on any atom is -0.478 e. The van der Waals surface area contributed by atoms with Crippen molar-refractivity contribution in [2.24, 2.45) is 0 Å². The first-order chi connectivity index (χ1) is 9.58. The number of hydrogen-bond donors (Lipinski definition) is 1. The van der Waals surface area contributed by atoms with Crippen molar-refractivity contribution in [2.45, 2.75) is 12.5 Å². The van der Waals surface area contributed by atoms with Crippen molar-refractivity contribution in [3.63, 3.8) is 0 Å². The van der Waals surface area contributed by atoms with Crippen molar-refractivity contribution < 1.29 is 14.6 Å². The van der Waals surface area contributed by atoms with Gasteiger partial charge in [0.05, 0.1) is 10.0 Å². The number of rotatable bonds is 5. The van der Waals surface area contributed by atoms with Crippen molar-refractivity contribution in [3.05, 3.63) is 64.1 Å². The highest BCUT2D eigenvalue weighted by Gasteiger charge is 2.21. The Kier molecular flexibility index (Phi) is 4.88. The molecule has 0 saturated heterocycles. The first kappa shape index (κ1) is 14.7. The van der Waals surface area contributed by atoms with Crippen LogP contribution in [-0.4, -0.2) is 17.2 Å². The monoisotopic (exact) mass is 310 g/mol. The highest BCUT2D eigenvalue weighted by molar-refractivity contribution is 6.42. The molecule has 0 unspecified atom stereocenters. The standard InChI is InChI=1S/C15H12Cl2O3/c16-12-8-4-5-10(14(12)17)9-13(15(18)19)20-11-6-2-1-3-7-11/h1-8,13H,9H2,(H,18,19)/t13-/m0/s1. The van der Waals surface area contributed by atoms with Crippen LogP contribution in [0.3, 0.4) is 0 Å². The fourth-order valence-electron chi connectivity index (χ4n) is 1.75. The van der Waals surface area contributed by atoms with Crippen LogP contribution < -0.4 is 4.74 Å². The molecule has 0 radical (unpaired) electrons. The second-order valence-corrected chi connectivity index (χ2v) is 4.96. The van der Waals surface area contributed by atoms with Gasteiger partial charge in [0.25, 0.3) is 0 Å². The second kappa shape index (κ2) is 6.64. The molecule has 3 nitrogen and oxygen atoms in total. The molecule has 0 spiro atoms. The number of carboxylic acids is 1. The SMILES string of the molecule is O=C(O)[C@H](Cc1cccc(Cl)c1Cl)Oc1ccccc1. The van der Waals surface area contributed by atoms with Gasteiger partial charge in [0, 0.05) is 6.42 Å². The van der Waals surface area contributed by atoms with Crippen molar-refractivity contribution >= 4 is 29.2 Å². The third-order valence-electron chi connectivity index (χ3n) is 2.73. The fraction of sp³-hybridized carbons (Fsp3) is 0.133. The van der Waals surface area contributed by atoms with Gasteiger partial charge in [-0.1, -0.05) is 53.5 Å². The smallest absolute Gasteiger partial charge is 0.345 e. The highest BCUT2D eigenvalue weighted by Crippen LogP contribution is 2.27. The maximum absolute atomic E-state index is 11.3. The molecule has 1 N–H and O–H groups in total. The van der Waals surface area contributed by atoms with Crippen LogP contribution in [0.1, 0.15) is 5.56 Å². The molecule has 104 valence electrons. The summed E-state index contributed by atoms with van der Waals surface area (Å²) in [4.78, 5) is 11.3. The first-order valence-electron chi connectivity index (χ1n) is 5.95. The zero-order valence-corrected chi connectivity index (χ0v) is 11.9. The molecule has 2 aromatic carbocycles. The minimum absolute atomic E-state index is 0.142. The van der Waals surface area contributed by atoms with Crippen LogP contribution in [0.2, 0.25) is 10.0 Å². The largest absolute Gasteiger partial charge is 0.478 e. The Labute approximate surface area is 126 Å². The van der Waals surface area contributed by atoms with Crippen LogP contribution in [0, 0.1) is 0 Å². The molecule has 0 amide bonds. The molecule has 0 aliphatic rings. The van der Waals surface area contributed by atoms with Crippen LogP contribution in [0.15, 0.2) is 48.5 Å². The molecule has 0 fully saturated rings. The predicted octanol–water partition coefficient (Wildman–Crippen LogP) is 4.07. The maximum Gasteiger partial charge on any atom is 0.345 e. The van der Waals surface area contributed by atoms with Gasteiger partial charge in [0.2, 0.25) is 0 Å². The van der Waals surface area contributed by atoms with Gasteiger partial charge in [-0.05, 0) is 23.8 Å². The molecule has 0 bridgehead atoms. The zero-order chi connectivity index (χ0) is 14.5. The number of ether oxygens (including phenoxy) is 1. The van der Waals surface area contributed by atoms with E-state index < -0.39 is 12.1 Å². The van der Waals surface area contributed by atoms with E-state index in [-0.39, 0.29) is 6.42 Å². The fourth-order valence-corrected chi connectivity index (χ4v) is 2.15. The second-order valence-electron chi connectivity index (χ2n) is 4.17. The molecule has 2 aromatic rings. The average Bonchev–Trinajstić information content (AvgIpc) is 2.44. The summed E-state index contributed by atoms with van der Waals surface area (Å²) in [6.07, 6.45) is -0.878. The Morgan fingerprint density at radius 3 is 2.45 bits per heavy atom. The van der Waals surface area contributed by atoms with E-state index in [9.17, 15) is 9.90 Å². The first-order valence-corrected chi connectivity index (χ1v) is 6.71. The molecule has 2 rings (SSSR count). The molecule has 0 saturated carbocycles. The van der Waals surface area contributed by atoms with Gasteiger partial charge in [-0.15, -0.1) is 0 Å². The van der Waals surface area contributed by atoms with Gasteiger partial charge in [0.15, 0.2) is 6.10 Å². The summed E-state index contributed by atoms with van der Waals surface area (Å²) in [6, 6.07) is 13.9. The van der Waals surface area contributed by atoms with E-state index in [1.54, 1.807) is 42.5 Å². The molecule has 5 heteroatoms. The molecular formula is C15H12Cl2O3. The molecule has 20 heavy (non-hydrogen) atoms. The maximum atomic E-state index is 11.3. The number of aliphatic carboxylic acids is 1. The van der Waals surface area contributed by atoms with Crippen molar-refractivity contribution in [1.82, 2.24) is 0 Å². The number of benzene rings is 2. The lowest BCUT2D eigenvalue weighted by atomic mass is 10.1. The summed E-state index contributed by atoms with van der Waals surface area (Å²) in [5.41, 5.74) is 0.641. The van der Waals surface area contributed by atoms with Gasteiger partial charge in [-0.3, -0.25) is 0 Å². The number of para-hydroxylation sites is 1. The normalized spacial score (nSPS) is 11.9. The summed E-state index contributed by atoms with van der Waals surface area (Å²) in [6.45, 7) is 0. The Bertz CT molecular complexity index is 599. The van der Waals surface area contributed by atoms with Crippen LogP contribution in [0.4, 0.5) is 0 Å². The third kappa shape index (κ3) is 3.65. The number of carbonyl (C=O) groups is 1. The predicted molar refractivity (Wildman–Crippen MR) is 78.7 cm³/mol. The molecule has 0 aliphatic carbocycles. The number of carboxylic acid groups (broad SMARTS) is 1. The van der Waals surface area contributed by atoms with Crippen LogP contribution in [0.25, 0.3) is 0 Å². The Morgan fingerprint density at radius 2 is 1.80 bits per heavy atom. The summed E-state index contributed by atoms with van der Waals surface area (Å²) in [7, 11) is 0. The van der Waals surface area contributed by atoms with E-state index >= 15 is 0 Å². The number of hydrogen-bond acceptors (Lipinski definition) is 2. The summed E-state index contributed by atoms with van der Waals surface area (Å²) in [5, 5.41) is 10.0. The van der Waals surface area contributed by atoms with Crippen LogP contribution in [0.5, 0.6) is 5.75 Å². The van der Waals surface area contributed by atoms with Gasteiger partial charge in [-0.2, -0.15) is 0 Å². The van der Waals surface area contributed by atoms with Gasteiger partial charge < -0.3 is 9.84 Å². The quantitative estimate of drug-likeness (QED) is 0.905. The van der Waals surface area contributed by atoms with Gasteiger partial charge >= 0.3 is 5.97 Å². The molecule has 0 aromatic heterocycles. The lowest BCUT2D eigenvalue weighted by Crippen LogP contribution is -2.29. The van der Waals surface area contributed by atoms with Crippen molar-refractivity contribution in [1.29, 1.82) is 0 Å². The molecule has 0 heterocycles. The Hall–Kier alpha value is -1.71. The van der Waals surface area contributed by atoms with E-state index in [4.69, 9.17) is 27.9 Å². The molecule has 0 aliphatic heterocycles. The van der Waals surface area contributed by atoms with E-state index in [1.165, 1.54) is 0 Å². The van der Waals surface area contributed by atoms with E-state index in [1.807, 2.05) is 6.07 Å². The third-order valence-corrected chi connectivity index (χ3v) is 3.59. The van der Waals surface area contributed by atoms with Gasteiger partial charge in [0.1, 0.15) is 5.75 Å². The lowest BCUT2D eigenvalue weighted by molar-refractivity contribution is -0.145. The van der Waals surface area contributed by atoms with Crippen LogP contribution >= 0.6 is 23.2 Å². The number of halogens is 2. The van der Waals surface area contributed by atoms with E-state index in [0.29, 0.717) is 21.4 Å².